The molecule has 15 heavy (non-hydrogen) atoms. The molecule has 2 heterocycles. The molecule has 0 aromatic carbocycles. The summed E-state index contributed by atoms with van der Waals surface area (Å²) in [5.74, 6) is 1.20. The molecule has 0 amide bonds. The number of hydrogen-bond acceptors (Lipinski definition) is 4. The van der Waals surface area contributed by atoms with Crippen LogP contribution in [-0.4, -0.2) is 31.5 Å². The number of nitrogens with two attached hydrogens (primary N) is 1. The second kappa shape index (κ2) is 3.74. The maximum atomic E-state index is 8.74. The Labute approximate surface area is 86.8 Å². The van der Waals surface area contributed by atoms with E-state index in [1.807, 2.05) is 13.1 Å². The Bertz CT molecular complexity index is 439. The molecule has 0 aliphatic carbocycles. The Kier molecular flexibility index (Phi) is 2.42. The van der Waals surface area contributed by atoms with E-state index in [4.69, 9.17) is 10.8 Å². The van der Waals surface area contributed by atoms with E-state index in [2.05, 4.69) is 15.1 Å². The molecule has 80 valence electrons. The summed E-state index contributed by atoms with van der Waals surface area (Å²) in [7, 11) is 0. The van der Waals surface area contributed by atoms with Crippen molar-refractivity contribution in [3.8, 4) is 11.4 Å². The first kappa shape index (κ1) is 9.72. The highest BCUT2D eigenvalue weighted by atomic mass is 16.3. The third kappa shape index (κ3) is 1.84. The van der Waals surface area contributed by atoms with Gasteiger partial charge in [-0.05, 0) is 6.92 Å². The Morgan fingerprint density at radius 2 is 2.40 bits per heavy atom. The SMILES string of the molecule is Cc1[nH]c(-c2cnn(CCO)c2)nc1N. The van der Waals surface area contributed by atoms with Gasteiger partial charge in [0.05, 0.1) is 30.6 Å². The fraction of sp³-hybridized carbons (Fsp3) is 0.333. The van der Waals surface area contributed by atoms with E-state index >= 15 is 0 Å². The zero-order valence-corrected chi connectivity index (χ0v) is 8.44. The lowest BCUT2D eigenvalue weighted by Gasteiger charge is -1.93. The largest absolute Gasteiger partial charge is 0.394 e. The Hall–Kier alpha value is -1.82. The highest BCUT2D eigenvalue weighted by Gasteiger charge is 2.07. The number of aliphatic hydroxyl groups excluding tert-OH is 1. The number of aromatic nitrogens is 4. The molecular weight excluding hydrogens is 194 g/mol. The molecule has 2 rings (SSSR count). The molecule has 0 unspecified atom stereocenters. The molecule has 6 heteroatoms. The maximum Gasteiger partial charge on any atom is 0.145 e. The average molecular weight is 207 g/mol. The van der Waals surface area contributed by atoms with Gasteiger partial charge < -0.3 is 15.8 Å². The quantitative estimate of drug-likeness (QED) is 0.668. The molecule has 2 aromatic heterocycles. The van der Waals surface area contributed by atoms with Gasteiger partial charge in [-0.15, -0.1) is 0 Å². The normalized spacial score (nSPS) is 10.8. The summed E-state index contributed by atoms with van der Waals surface area (Å²) in [6, 6.07) is 0. The van der Waals surface area contributed by atoms with Gasteiger partial charge in [-0.25, -0.2) is 4.98 Å². The van der Waals surface area contributed by atoms with Crippen molar-refractivity contribution < 1.29 is 5.11 Å². The van der Waals surface area contributed by atoms with Crippen LogP contribution in [0.25, 0.3) is 11.4 Å². The molecule has 0 saturated carbocycles. The second-order valence-corrected chi connectivity index (χ2v) is 3.31. The van der Waals surface area contributed by atoms with Crippen LogP contribution in [0.15, 0.2) is 12.4 Å². The summed E-state index contributed by atoms with van der Waals surface area (Å²) in [5.41, 5.74) is 7.35. The lowest BCUT2D eigenvalue weighted by atomic mass is 10.3. The predicted molar refractivity (Wildman–Crippen MR) is 56.0 cm³/mol. The summed E-state index contributed by atoms with van der Waals surface area (Å²) >= 11 is 0. The van der Waals surface area contributed by atoms with Crippen molar-refractivity contribution in [2.45, 2.75) is 13.5 Å². The van der Waals surface area contributed by atoms with E-state index in [9.17, 15) is 0 Å². The second-order valence-electron chi connectivity index (χ2n) is 3.31. The number of aliphatic hydroxyl groups is 1. The third-order valence-corrected chi connectivity index (χ3v) is 2.16. The standard InChI is InChI=1S/C9H13N5O/c1-6-8(10)13-9(12-6)7-4-11-14(5-7)2-3-15/h4-5,15H,2-3,10H2,1H3,(H,12,13). The lowest BCUT2D eigenvalue weighted by molar-refractivity contribution is 0.269. The maximum absolute atomic E-state index is 8.74. The van der Waals surface area contributed by atoms with Crippen molar-refractivity contribution in [1.29, 1.82) is 0 Å². The van der Waals surface area contributed by atoms with Gasteiger partial charge >= 0.3 is 0 Å². The van der Waals surface area contributed by atoms with Gasteiger partial charge in [-0.2, -0.15) is 5.10 Å². The first-order chi connectivity index (χ1) is 7.20. The van der Waals surface area contributed by atoms with Crippen molar-refractivity contribution in [2.24, 2.45) is 0 Å². The fourth-order valence-corrected chi connectivity index (χ4v) is 1.32. The van der Waals surface area contributed by atoms with Crippen LogP contribution in [-0.2, 0) is 6.54 Å². The first-order valence-electron chi connectivity index (χ1n) is 4.66. The monoisotopic (exact) mass is 207 g/mol. The molecule has 0 atom stereocenters. The molecule has 2 aromatic rings. The molecule has 0 aliphatic heterocycles. The minimum atomic E-state index is 0.0699. The van der Waals surface area contributed by atoms with Crippen LogP contribution in [0, 0.1) is 6.92 Å². The van der Waals surface area contributed by atoms with Gasteiger partial charge in [-0.3, -0.25) is 4.68 Å². The number of hydrogen-bond donors (Lipinski definition) is 3. The number of imidazole rings is 1. The minimum absolute atomic E-state index is 0.0699. The zero-order valence-electron chi connectivity index (χ0n) is 8.44. The van der Waals surface area contributed by atoms with E-state index in [1.54, 1.807) is 10.9 Å². The van der Waals surface area contributed by atoms with Crippen molar-refractivity contribution in [3.63, 3.8) is 0 Å². The topological polar surface area (TPSA) is 92.8 Å². The zero-order chi connectivity index (χ0) is 10.8. The summed E-state index contributed by atoms with van der Waals surface area (Å²) in [6.07, 6.45) is 3.50. The van der Waals surface area contributed by atoms with Gasteiger partial charge in [-0.1, -0.05) is 0 Å². The minimum Gasteiger partial charge on any atom is -0.394 e. The first-order valence-corrected chi connectivity index (χ1v) is 4.66. The summed E-state index contributed by atoms with van der Waals surface area (Å²) < 4.78 is 1.66. The van der Waals surface area contributed by atoms with Crippen molar-refractivity contribution in [3.05, 3.63) is 18.1 Å². The Morgan fingerprint density at radius 3 is 3.00 bits per heavy atom. The average Bonchev–Trinajstić information content (AvgIpc) is 2.76. The number of anilines is 1. The molecular formula is C9H13N5O. The van der Waals surface area contributed by atoms with Gasteiger partial charge in [0.15, 0.2) is 0 Å². The van der Waals surface area contributed by atoms with Gasteiger partial charge in [0.25, 0.3) is 0 Å². The summed E-state index contributed by atoms with van der Waals surface area (Å²) in [6.45, 7) is 2.42. The van der Waals surface area contributed by atoms with E-state index in [-0.39, 0.29) is 6.61 Å². The number of aromatic amines is 1. The van der Waals surface area contributed by atoms with Crippen LogP contribution in [0.3, 0.4) is 0 Å². The smallest absolute Gasteiger partial charge is 0.145 e. The molecule has 0 radical (unpaired) electrons. The van der Waals surface area contributed by atoms with Crippen LogP contribution < -0.4 is 5.73 Å². The van der Waals surface area contributed by atoms with Crippen LogP contribution in [0.4, 0.5) is 5.82 Å². The number of aryl methyl sites for hydroxylation is 1. The number of H-pyrrole nitrogens is 1. The highest BCUT2D eigenvalue weighted by Crippen LogP contribution is 2.17. The third-order valence-electron chi connectivity index (χ3n) is 2.16. The highest BCUT2D eigenvalue weighted by molar-refractivity contribution is 5.56. The van der Waals surface area contributed by atoms with Crippen LogP contribution in [0.5, 0.6) is 0 Å². The van der Waals surface area contributed by atoms with Crippen LogP contribution >= 0.6 is 0 Å². The van der Waals surface area contributed by atoms with Crippen molar-refractivity contribution in [2.75, 3.05) is 12.3 Å². The number of rotatable bonds is 3. The summed E-state index contributed by atoms with van der Waals surface area (Å²) in [5, 5.41) is 12.8. The number of nitrogens with zero attached hydrogens (tertiary/aromatic N) is 3. The van der Waals surface area contributed by atoms with Gasteiger partial charge in [0.1, 0.15) is 11.6 Å². The van der Waals surface area contributed by atoms with Gasteiger partial charge in [0.2, 0.25) is 0 Å². The Balaban J connectivity index is 2.28. The number of nitrogen functional groups attached to an aromatic ring is 1. The van der Waals surface area contributed by atoms with E-state index < -0.39 is 0 Å². The number of nitrogens with one attached hydrogen (secondary N) is 1. The lowest BCUT2D eigenvalue weighted by Crippen LogP contribution is -2.01. The Morgan fingerprint density at radius 1 is 1.60 bits per heavy atom. The molecule has 0 spiro atoms. The fourth-order valence-electron chi connectivity index (χ4n) is 1.32. The summed E-state index contributed by atoms with van der Waals surface area (Å²) in [4.78, 5) is 7.22. The van der Waals surface area contributed by atoms with Gasteiger partial charge in [0, 0.05) is 6.20 Å². The van der Waals surface area contributed by atoms with E-state index in [0.29, 0.717) is 18.2 Å². The molecule has 0 saturated heterocycles. The predicted octanol–water partition coefficient (Wildman–Crippen LogP) is 0.156. The van der Waals surface area contributed by atoms with Crippen molar-refractivity contribution in [1.82, 2.24) is 19.7 Å². The molecule has 0 fully saturated rings. The molecule has 4 N–H and O–H groups in total. The molecule has 0 aliphatic rings. The van der Waals surface area contributed by atoms with E-state index in [1.165, 1.54) is 0 Å². The van der Waals surface area contributed by atoms with Crippen LogP contribution in [0.2, 0.25) is 0 Å². The van der Waals surface area contributed by atoms with Crippen LogP contribution in [0.1, 0.15) is 5.69 Å². The molecule has 0 bridgehead atoms. The van der Waals surface area contributed by atoms with E-state index in [0.717, 1.165) is 11.3 Å². The molecule has 6 nitrogen and oxygen atoms in total. The van der Waals surface area contributed by atoms with Crippen molar-refractivity contribution >= 4 is 5.82 Å².